The lowest BCUT2D eigenvalue weighted by Gasteiger charge is -2.05. The number of hydrogen-bond donors (Lipinski definition) is 2. The Balaban J connectivity index is 1.44. The summed E-state index contributed by atoms with van der Waals surface area (Å²) in [6.07, 6.45) is 0. The number of carbonyl (C=O) groups excluding carboxylic acids is 2. The SMILES string of the molecule is COC(=O)c1cccc(NC(=O)c2csc(Nc3ccc4c(c3)OCO4)n2)c1. The van der Waals surface area contributed by atoms with Gasteiger partial charge in [0.05, 0.1) is 12.7 Å². The largest absolute Gasteiger partial charge is 0.465 e. The van der Waals surface area contributed by atoms with Crippen molar-refractivity contribution in [1.29, 1.82) is 0 Å². The fraction of sp³-hybridized carbons (Fsp3) is 0.105. The lowest BCUT2D eigenvalue weighted by Crippen LogP contribution is -2.13. The average Bonchev–Trinajstić information content (AvgIpc) is 3.36. The van der Waals surface area contributed by atoms with Gasteiger partial charge in [0.2, 0.25) is 6.79 Å². The molecule has 28 heavy (non-hydrogen) atoms. The van der Waals surface area contributed by atoms with E-state index < -0.39 is 5.97 Å². The number of nitrogens with one attached hydrogen (secondary N) is 2. The molecule has 1 aliphatic rings. The molecule has 0 radical (unpaired) electrons. The van der Waals surface area contributed by atoms with Crippen molar-refractivity contribution in [2.45, 2.75) is 0 Å². The number of esters is 1. The van der Waals surface area contributed by atoms with Crippen molar-refractivity contribution in [2.75, 3.05) is 24.5 Å². The van der Waals surface area contributed by atoms with E-state index in [1.165, 1.54) is 18.4 Å². The molecule has 0 atom stereocenters. The van der Waals surface area contributed by atoms with Crippen LogP contribution in [0.25, 0.3) is 0 Å². The first kappa shape index (κ1) is 17.8. The molecule has 2 heterocycles. The fourth-order valence-electron chi connectivity index (χ4n) is 2.57. The van der Waals surface area contributed by atoms with Crippen LogP contribution < -0.4 is 20.1 Å². The van der Waals surface area contributed by atoms with Crippen molar-refractivity contribution in [3.63, 3.8) is 0 Å². The summed E-state index contributed by atoms with van der Waals surface area (Å²) in [7, 11) is 1.30. The van der Waals surface area contributed by atoms with E-state index in [0.717, 1.165) is 5.69 Å². The number of methoxy groups -OCH3 is 1. The Labute approximate surface area is 164 Å². The lowest BCUT2D eigenvalue weighted by atomic mass is 10.2. The van der Waals surface area contributed by atoms with E-state index in [4.69, 9.17) is 9.47 Å². The zero-order chi connectivity index (χ0) is 19.5. The molecule has 2 N–H and O–H groups in total. The van der Waals surface area contributed by atoms with Crippen LogP contribution in [0.2, 0.25) is 0 Å². The number of ether oxygens (including phenoxy) is 3. The normalized spacial score (nSPS) is 11.8. The highest BCUT2D eigenvalue weighted by molar-refractivity contribution is 7.14. The number of nitrogens with zero attached hydrogens (tertiary/aromatic N) is 1. The Bertz CT molecular complexity index is 1050. The van der Waals surface area contributed by atoms with Crippen LogP contribution in [0.5, 0.6) is 11.5 Å². The number of anilines is 3. The number of benzene rings is 2. The van der Waals surface area contributed by atoms with Gasteiger partial charge < -0.3 is 24.8 Å². The summed E-state index contributed by atoms with van der Waals surface area (Å²) >= 11 is 1.30. The van der Waals surface area contributed by atoms with Gasteiger partial charge in [-0.1, -0.05) is 6.07 Å². The van der Waals surface area contributed by atoms with Gasteiger partial charge in [-0.3, -0.25) is 4.79 Å². The van der Waals surface area contributed by atoms with Crippen LogP contribution in [0.15, 0.2) is 47.8 Å². The average molecular weight is 397 g/mol. The molecule has 1 amide bonds. The number of fused-ring (bicyclic) bond motifs is 1. The van der Waals surface area contributed by atoms with Crippen LogP contribution in [0.1, 0.15) is 20.8 Å². The van der Waals surface area contributed by atoms with Crippen LogP contribution >= 0.6 is 11.3 Å². The van der Waals surface area contributed by atoms with Crippen LogP contribution in [0, 0.1) is 0 Å². The second-order valence-corrected chi connectivity index (χ2v) is 6.62. The minimum absolute atomic E-state index is 0.206. The maximum Gasteiger partial charge on any atom is 0.337 e. The minimum Gasteiger partial charge on any atom is -0.465 e. The van der Waals surface area contributed by atoms with E-state index in [1.54, 1.807) is 35.7 Å². The van der Waals surface area contributed by atoms with Crippen LogP contribution in [0.4, 0.5) is 16.5 Å². The summed E-state index contributed by atoms with van der Waals surface area (Å²) in [6.45, 7) is 0.206. The molecule has 0 unspecified atom stereocenters. The molecule has 0 aliphatic carbocycles. The quantitative estimate of drug-likeness (QED) is 0.634. The van der Waals surface area contributed by atoms with Crippen LogP contribution in [0.3, 0.4) is 0 Å². The Morgan fingerprint density at radius 1 is 1.11 bits per heavy atom. The van der Waals surface area contributed by atoms with Gasteiger partial charge in [-0.15, -0.1) is 11.3 Å². The number of aromatic nitrogens is 1. The summed E-state index contributed by atoms with van der Waals surface area (Å²) in [5.41, 5.74) is 1.86. The molecule has 1 aliphatic heterocycles. The molecule has 0 saturated carbocycles. The topological polar surface area (TPSA) is 98.8 Å². The zero-order valence-electron chi connectivity index (χ0n) is 14.7. The summed E-state index contributed by atoms with van der Waals surface area (Å²) in [4.78, 5) is 28.3. The number of carbonyl (C=O) groups is 2. The molecule has 2 aromatic carbocycles. The molecule has 0 saturated heterocycles. The van der Waals surface area contributed by atoms with Crippen molar-refractivity contribution in [3.05, 3.63) is 59.1 Å². The Hall–Kier alpha value is -3.59. The third-order valence-corrected chi connectivity index (χ3v) is 4.66. The molecule has 4 rings (SSSR count). The monoisotopic (exact) mass is 397 g/mol. The predicted octanol–water partition coefficient (Wildman–Crippen LogP) is 3.65. The van der Waals surface area contributed by atoms with E-state index in [2.05, 4.69) is 20.4 Å². The molecular formula is C19H15N3O5S. The molecule has 8 nitrogen and oxygen atoms in total. The van der Waals surface area contributed by atoms with E-state index >= 15 is 0 Å². The third-order valence-electron chi connectivity index (χ3n) is 3.90. The van der Waals surface area contributed by atoms with Crippen molar-refractivity contribution < 1.29 is 23.8 Å². The summed E-state index contributed by atoms with van der Waals surface area (Å²) in [6, 6.07) is 12.0. The molecule has 0 fully saturated rings. The first-order valence-corrected chi connectivity index (χ1v) is 9.12. The Morgan fingerprint density at radius 2 is 1.96 bits per heavy atom. The van der Waals surface area contributed by atoms with Crippen molar-refractivity contribution in [3.8, 4) is 11.5 Å². The Morgan fingerprint density at radius 3 is 2.82 bits per heavy atom. The molecule has 9 heteroatoms. The van der Waals surface area contributed by atoms with Crippen molar-refractivity contribution in [1.82, 2.24) is 4.98 Å². The highest BCUT2D eigenvalue weighted by atomic mass is 32.1. The molecule has 0 spiro atoms. The van der Waals surface area contributed by atoms with Gasteiger partial charge in [0, 0.05) is 22.8 Å². The Kier molecular flexibility index (Phi) is 4.81. The first-order valence-electron chi connectivity index (χ1n) is 8.24. The molecule has 142 valence electrons. The number of thiazole rings is 1. The first-order chi connectivity index (χ1) is 13.6. The smallest absolute Gasteiger partial charge is 0.337 e. The second-order valence-electron chi connectivity index (χ2n) is 5.76. The molecule has 0 bridgehead atoms. The second kappa shape index (κ2) is 7.57. The lowest BCUT2D eigenvalue weighted by molar-refractivity contribution is 0.0600. The van der Waals surface area contributed by atoms with E-state index in [1.807, 2.05) is 12.1 Å². The maximum atomic E-state index is 12.4. The van der Waals surface area contributed by atoms with Crippen LogP contribution in [-0.4, -0.2) is 30.8 Å². The summed E-state index contributed by atoms with van der Waals surface area (Å²) < 4.78 is 15.3. The van der Waals surface area contributed by atoms with Gasteiger partial charge in [-0.25, -0.2) is 9.78 Å². The summed E-state index contributed by atoms with van der Waals surface area (Å²) in [5.74, 6) is 0.501. The van der Waals surface area contributed by atoms with Gasteiger partial charge in [-0.05, 0) is 30.3 Å². The zero-order valence-corrected chi connectivity index (χ0v) is 15.5. The predicted molar refractivity (Wildman–Crippen MR) is 104 cm³/mol. The van der Waals surface area contributed by atoms with Gasteiger partial charge in [0.15, 0.2) is 16.6 Å². The number of hydrogen-bond acceptors (Lipinski definition) is 8. The van der Waals surface area contributed by atoms with Crippen LogP contribution in [-0.2, 0) is 4.74 Å². The molecule has 1 aromatic heterocycles. The van der Waals surface area contributed by atoms with Gasteiger partial charge in [0.25, 0.3) is 5.91 Å². The highest BCUT2D eigenvalue weighted by Crippen LogP contribution is 2.35. The van der Waals surface area contributed by atoms with E-state index in [9.17, 15) is 9.59 Å². The van der Waals surface area contributed by atoms with Gasteiger partial charge in [0.1, 0.15) is 5.69 Å². The minimum atomic E-state index is -0.472. The standard InChI is InChI=1S/C19H15N3O5S/c1-25-18(24)11-3-2-4-12(7-11)20-17(23)14-9-28-19(22-14)21-13-5-6-15-16(8-13)27-10-26-15/h2-9H,10H2,1H3,(H,20,23)(H,21,22). The summed E-state index contributed by atoms with van der Waals surface area (Å²) in [5, 5.41) is 8.07. The molecule has 3 aromatic rings. The van der Waals surface area contributed by atoms with Gasteiger partial charge >= 0.3 is 5.97 Å². The third kappa shape index (κ3) is 3.74. The van der Waals surface area contributed by atoms with E-state index in [-0.39, 0.29) is 18.4 Å². The van der Waals surface area contributed by atoms with E-state index in [0.29, 0.717) is 27.9 Å². The van der Waals surface area contributed by atoms with Crippen molar-refractivity contribution >= 4 is 39.7 Å². The highest BCUT2D eigenvalue weighted by Gasteiger charge is 2.15. The fourth-order valence-corrected chi connectivity index (χ4v) is 3.28. The van der Waals surface area contributed by atoms with Gasteiger partial charge in [-0.2, -0.15) is 0 Å². The number of rotatable bonds is 5. The van der Waals surface area contributed by atoms with Crippen molar-refractivity contribution in [2.24, 2.45) is 0 Å². The number of amides is 1. The maximum absolute atomic E-state index is 12.4. The molecular weight excluding hydrogens is 382 g/mol.